The second-order valence-electron chi connectivity index (χ2n) is 6.40. The zero-order valence-corrected chi connectivity index (χ0v) is 15.8. The van der Waals surface area contributed by atoms with Crippen LogP contribution in [-0.2, 0) is 16.1 Å². The van der Waals surface area contributed by atoms with Crippen molar-refractivity contribution in [2.75, 3.05) is 20.5 Å². The molecular weight excluding hydrogens is 374 g/mol. The van der Waals surface area contributed by atoms with E-state index in [-0.39, 0.29) is 13.4 Å². The lowest BCUT2D eigenvalue weighted by Gasteiger charge is -2.11. The third-order valence-electron chi connectivity index (χ3n) is 4.58. The molecule has 7 nitrogen and oxygen atoms in total. The minimum atomic E-state index is -0.568. The van der Waals surface area contributed by atoms with Crippen molar-refractivity contribution in [3.05, 3.63) is 65.7 Å². The molecule has 1 aliphatic heterocycles. The normalized spacial score (nSPS) is 11.9. The van der Waals surface area contributed by atoms with Crippen LogP contribution in [0.4, 0.5) is 0 Å². The number of ether oxygens (including phenoxy) is 4. The Morgan fingerprint density at radius 2 is 1.79 bits per heavy atom. The molecule has 3 aromatic rings. The zero-order valence-electron chi connectivity index (χ0n) is 15.8. The summed E-state index contributed by atoms with van der Waals surface area (Å²) >= 11 is 0. The van der Waals surface area contributed by atoms with Gasteiger partial charge in [-0.2, -0.15) is 0 Å². The van der Waals surface area contributed by atoms with Gasteiger partial charge >= 0.3 is 5.97 Å². The van der Waals surface area contributed by atoms with Gasteiger partial charge in [0, 0.05) is 11.9 Å². The monoisotopic (exact) mass is 393 g/mol. The first-order valence-corrected chi connectivity index (χ1v) is 9.04. The van der Waals surface area contributed by atoms with Crippen LogP contribution < -0.4 is 19.5 Å². The number of carbonyl (C=O) groups is 2. The highest BCUT2D eigenvalue weighted by atomic mass is 16.7. The molecule has 1 N–H and O–H groups in total. The summed E-state index contributed by atoms with van der Waals surface area (Å²) in [6, 6.07) is 16.1. The van der Waals surface area contributed by atoms with E-state index < -0.39 is 11.9 Å². The highest BCUT2D eigenvalue weighted by Crippen LogP contribution is 2.32. The molecule has 1 amide bonds. The van der Waals surface area contributed by atoms with Gasteiger partial charge in [0.15, 0.2) is 18.1 Å². The third kappa shape index (κ3) is 3.94. The van der Waals surface area contributed by atoms with E-state index in [1.54, 1.807) is 31.4 Å². The average Bonchev–Trinajstić information content (AvgIpc) is 3.23. The van der Waals surface area contributed by atoms with E-state index in [9.17, 15) is 9.59 Å². The van der Waals surface area contributed by atoms with Crippen LogP contribution in [0.3, 0.4) is 0 Å². The van der Waals surface area contributed by atoms with Crippen LogP contribution in [0, 0.1) is 0 Å². The molecule has 1 aliphatic rings. The number of nitrogens with one attached hydrogen (secondary N) is 1. The Morgan fingerprint density at radius 1 is 1.00 bits per heavy atom. The van der Waals surface area contributed by atoms with Crippen molar-refractivity contribution in [2.45, 2.75) is 6.54 Å². The van der Waals surface area contributed by atoms with E-state index >= 15 is 0 Å². The smallest absolute Gasteiger partial charge is 0.339 e. The second-order valence-corrected chi connectivity index (χ2v) is 6.40. The number of amides is 1. The summed E-state index contributed by atoms with van der Waals surface area (Å²) in [6.45, 7) is 0.114. The van der Waals surface area contributed by atoms with Gasteiger partial charge < -0.3 is 24.3 Å². The first-order chi connectivity index (χ1) is 14.2. The van der Waals surface area contributed by atoms with Gasteiger partial charge in [0.2, 0.25) is 6.79 Å². The molecule has 0 aromatic heterocycles. The molecule has 0 saturated heterocycles. The lowest BCUT2D eigenvalue weighted by atomic mass is 10.0. The SMILES string of the molecule is COc1ccc(C(=O)OCC(=O)NCc2ccc3c(c2)OCO3)c2ccccc12. The third-order valence-corrected chi connectivity index (χ3v) is 4.58. The Hall–Kier alpha value is -3.74. The van der Waals surface area contributed by atoms with Crippen molar-refractivity contribution in [1.29, 1.82) is 0 Å². The number of methoxy groups -OCH3 is 1. The van der Waals surface area contributed by atoms with Crippen molar-refractivity contribution in [2.24, 2.45) is 0 Å². The molecule has 0 atom stereocenters. The molecule has 0 unspecified atom stereocenters. The van der Waals surface area contributed by atoms with Crippen LogP contribution >= 0.6 is 0 Å². The number of rotatable bonds is 6. The Balaban J connectivity index is 1.36. The molecule has 0 bridgehead atoms. The molecule has 4 rings (SSSR count). The predicted octanol–water partition coefficient (Wildman–Crippen LogP) is 3.05. The van der Waals surface area contributed by atoms with E-state index in [1.807, 2.05) is 30.3 Å². The Morgan fingerprint density at radius 3 is 2.62 bits per heavy atom. The first kappa shape index (κ1) is 18.6. The molecule has 29 heavy (non-hydrogen) atoms. The maximum Gasteiger partial charge on any atom is 0.339 e. The Bertz CT molecular complexity index is 1080. The number of esters is 1. The molecule has 0 radical (unpaired) electrons. The molecule has 1 heterocycles. The minimum Gasteiger partial charge on any atom is -0.496 e. The molecule has 148 valence electrons. The van der Waals surface area contributed by atoms with E-state index in [1.165, 1.54) is 0 Å². The summed E-state index contributed by atoms with van der Waals surface area (Å²) in [7, 11) is 1.57. The van der Waals surface area contributed by atoms with Gasteiger partial charge in [-0.3, -0.25) is 4.79 Å². The molecule has 0 fully saturated rings. The van der Waals surface area contributed by atoms with Crippen LogP contribution in [0.25, 0.3) is 10.8 Å². The second kappa shape index (κ2) is 8.10. The van der Waals surface area contributed by atoms with E-state index in [0.29, 0.717) is 34.7 Å². The quantitative estimate of drug-likeness (QED) is 0.648. The van der Waals surface area contributed by atoms with E-state index in [4.69, 9.17) is 18.9 Å². The molecule has 0 aliphatic carbocycles. The van der Waals surface area contributed by atoms with Crippen LogP contribution in [0.5, 0.6) is 17.2 Å². The van der Waals surface area contributed by atoms with Crippen LogP contribution in [-0.4, -0.2) is 32.4 Å². The molecule has 0 saturated carbocycles. The Labute approximate surface area is 167 Å². The van der Waals surface area contributed by atoms with Gasteiger partial charge in [-0.15, -0.1) is 0 Å². The topological polar surface area (TPSA) is 83.1 Å². The zero-order chi connectivity index (χ0) is 20.2. The summed E-state index contributed by atoms with van der Waals surface area (Å²) in [5, 5.41) is 4.23. The summed E-state index contributed by atoms with van der Waals surface area (Å²) < 4.78 is 21.1. The van der Waals surface area contributed by atoms with Crippen molar-refractivity contribution >= 4 is 22.6 Å². The van der Waals surface area contributed by atoms with E-state index in [0.717, 1.165) is 10.9 Å². The van der Waals surface area contributed by atoms with Gasteiger partial charge in [0.25, 0.3) is 5.91 Å². The number of fused-ring (bicyclic) bond motifs is 2. The average molecular weight is 393 g/mol. The fraction of sp³-hybridized carbons (Fsp3) is 0.182. The van der Waals surface area contributed by atoms with Crippen molar-refractivity contribution in [3.63, 3.8) is 0 Å². The summed E-state index contributed by atoms with van der Waals surface area (Å²) in [6.07, 6.45) is 0. The number of carbonyl (C=O) groups excluding carboxylic acids is 2. The molecule has 0 spiro atoms. The fourth-order valence-corrected chi connectivity index (χ4v) is 3.14. The number of hydrogen-bond acceptors (Lipinski definition) is 6. The van der Waals surface area contributed by atoms with Crippen LogP contribution in [0.1, 0.15) is 15.9 Å². The van der Waals surface area contributed by atoms with Gasteiger partial charge in [-0.25, -0.2) is 4.79 Å². The maximum absolute atomic E-state index is 12.5. The maximum atomic E-state index is 12.5. The summed E-state index contributed by atoms with van der Waals surface area (Å²) in [5.74, 6) is 1.03. The van der Waals surface area contributed by atoms with Gasteiger partial charge in [0.1, 0.15) is 5.75 Å². The first-order valence-electron chi connectivity index (χ1n) is 9.04. The lowest BCUT2D eigenvalue weighted by molar-refractivity contribution is -0.124. The largest absolute Gasteiger partial charge is 0.496 e. The number of hydrogen-bond donors (Lipinski definition) is 1. The highest BCUT2D eigenvalue weighted by molar-refractivity contribution is 6.06. The predicted molar refractivity (Wildman–Crippen MR) is 105 cm³/mol. The lowest BCUT2D eigenvalue weighted by Crippen LogP contribution is -2.28. The molecule has 3 aromatic carbocycles. The van der Waals surface area contributed by atoms with Crippen molar-refractivity contribution in [1.82, 2.24) is 5.32 Å². The Kier molecular flexibility index (Phi) is 5.20. The molecular formula is C22H19NO6. The molecule has 7 heteroatoms. The number of benzene rings is 3. The highest BCUT2D eigenvalue weighted by Gasteiger charge is 2.16. The minimum absolute atomic E-state index is 0.196. The standard InChI is InChI=1S/C22H19NO6/c1-26-18-9-7-17(15-4-2-3-5-16(15)18)22(25)27-12-21(24)23-11-14-6-8-19-20(10-14)29-13-28-19/h2-10H,11-13H2,1H3,(H,23,24). The van der Waals surface area contributed by atoms with Crippen LogP contribution in [0.2, 0.25) is 0 Å². The van der Waals surface area contributed by atoms with Crippen molar-refractivity contribution < 1.29 is 28.5 Å². The fourth-order valence-electron chi connectivity index (χ4n) is 3.14. The van der Waals surface area contributed by atoms with Crippen LogP contribution in [0.15, 0.2) is 54.6 Å². The van der Waals surface area contributed by atoms with Gasteiger partial charge in [-0.05, 0) is 35.2 Å². The summed E-state index contributed by atoms with van der Waals surface area (Å²) in [5.41, 5.74) is 1.24. The van der Waals surface area contributed by atoms with Gasteiger partial charge in [-0.1, -0.05) is 30.3 Å². The summed E-state index contributed by atoms with van der Waals surface area (Å²) in [4.78, 5) is 24.6. The van der Waals surface area contributed by atoms with E-state index in [2.05, 4.69) is 5.32 Å². The van der Waals surface area contributed by atoms with Crippen molar-refractivity contribution in [3.8, 4) is 17.2 Å². The van der Waals surface area contributed by atoms with Gasteiger partial charge in [0.05, 0.1) is 12.7 Å².